The van der Waals surface area contributed by atoms with Gasteiger partial charge in [-0.1, -0.05) is 0 Å². The molecule has 0 radical (unpaired) electrons. The summed E-state index contributed by atoms with van der Waals surface area (Å²) in [4.78, 5) is 0. The first-order valence-electron chi connectivity index (χ1n) is 12.5. The molecule has 0 bridgehead atoms. The van der Waals surface area contributed by atoms with Gasteiger partial charge in [-0.2, -0.15) is 0 Å². The third-order valence-corrected chi connectivity index (χ3v) is 14.0. The van der Waals surface area contributed by atoms with Gasteiger partial charge in [-0.25, -0.2) is 0 Å². The Morgan fingerprint density at radius 2 is 1.14 bits per heavy atom. The minimum atomic E-state index is -2.59. The number of benzene rings is 2. The zero-order chi connectivity index (χ0) is 25.9. The van der Waals surface area contributed by atoms with Crippen LogP contribution in [0.15, 0.2) is 89.7 Å². The van der Waals surface area contributed by atoms with E-state index in [4.69, 9.17) is 3.32 Å². The standard InChI is InChI=1S/C12H9FO.2C10H15.Ti/c13-10-6-7-12(14)11(8-10)9-4-2-1-3-5-9;2*1-7-6-10(4,5)9(3)8(7)2;/h1-8,14H;2*1-5H3;/q;;;+1/p-1. The van der Waals surface area contributed by atoms with Crippen molar-refractivity contribution in [3.05, 3.63) is 95.5 Å². The summed E-state index contributed by atoms with van der Waals surface area (Å²) >= 11 is -2.59. The molecule has 0 N–H and O–H groups in total. The second-order valence-corrected chi connectivity index (χ2v) is 14.1. The third-order valence-electron chi connectivity index (χ3n) is 8.82. The minimum absolute atomic E-state index is 0.0653. The molecule has 1 nitrogen and oxygen atoms in total. The fourth-order valence-corrected chi connectivity index (χ4v) is 11.2. The van der Waals surface area contributed by atoms with Crippen LogP contribution in [0.1, 0.15) is 69.2 Å². The van der Waals surface area contributed by atoms with Gasteiger partial charge in [0.25, 0.3) is 0 Å². The molecule has 3 heteroatoms. The van der Waals surface area contributed by atoms with Crippen LogP contribution in [-0.4, -0.2) is 0 Å². The maximum absolute atomic E-state index is 14.5. The third kappa shape index (κ3) is 4.13. The number of hydrogen-bond donors (Lipinski definition) is 0. The SMILES string of the molecule is CC1=C(C)C(C)(C)[C]([Ti]([O]c2ccc(F)cc2-c2ccccc2)[C]2=C(C)C(C)=C(C)C2(C)C)=C1C. The van der Waals surface area contributed by atoms with Crippen molar-refractivity contribution >= 4 is 0 Å². The van der Waals surface area contributed by atoms with E-state index in [1.807, 2.05) is 36.4 Å². The molecule has 35 heavy (non-hydrogen) atoms. The molecule has 0 heterocycles. The van der Waals surface area contributed by atoms with E-state index in [0.717, 1.165) is 16.9 Å². The second kappa shape index (κ2) is 9.05. The molecule has 0 saturated heterocycles. The van der Waals surface area contributed by atoms with Crippen LogP contribution in [0.25, 0.3) is 11.1 Å². The Kier molecular flexibility index (Phi) is 6.71. The molecule has 0 aromatic heterocycles. The van der Waals surface area contributed by atoms with E-state index >= 15 is 0 Å². The van der Waals surface area contributed by atoms with Crippen molar-refractivity contribution in [2.24, 2.45) is 10.8 Å². The Morgan fingerprint density at radius 1 is 0.657 bits per heavy atom. The summed E-state index contributed by atoms with van der Waals surface area (Å²) in [5, 5.41) is 0. The summed E-state index contributed by atoms with van der Waals surface area (Å²) in [5.41, 5.74) is 10.0. The predicted molar refractivity (Wildman–Crippen MR) is 142 cm³/mol. The van der Waals surface area contributed by atoms with E-state index in [1.165, 1.54) is 47.3 Å². The summed E-state index contributed by atoms with van der Waals surface area (Å²) < 4.78 is 24.7. The van der Waals surface area contributed by atoms with Crippen LogP contribution in [0, 0.1) is 16.6 Å². The van der Waals surface area contributed by atoms with Gasteiger partial charge in [-0.15, -0.1) is 0 Å². The van der Waals surface area contributed by atoms with E-state index in [9.17, 15) is 4.39 Å². The molecule has 2 aromatic carbocycles. The number of rotatable bonds is 5. The topological polar surface area (TPSA) is 9.23 Å². The van der Waals surface area contributed by atoms with Crippen molar-refractivity contribution in [1.82, 2.24) is 0 Å². The molecule has 2 aliphatic rings. The van der Waals surface area contributed by atoms with Crippen molar-refractivity contribution < 1.29 is 26.0 Å². The molecular weight excluding hydrogens is 467 g/mol. The van der Waals surface area contributed by atoms with Gasteiger partial charge in [0.05, 0.1) is 0 Å². The fraction of sp³-hybridized carbons (Fsp3) is 0.375. The Bertz CT molecular complexity index is 1260. The Labute approximate surface area is 217 Å². The number of halogens is 1. The summed E-state index contributed by atoms with van der Waals surface area (Å²) in [7, 11) is 0. The molecule has 0 spiro atoms. The molecule has 0 saturated carbocycles. The Hall–Kier alpha value is -2.16. The van der Waals surface area contributed by atoms with Gasteiger partial charge in [0, 0.05) is 0 Å². The zero-order valence-electron chi connectivity index (χ0n) is 22.9. The number of allylic oxidation sites excluding steroid dienone is 8. The van der Waals surface area contributed by atoms with Crippen molar-refractivity contribution in [2.75, 3.05) is 0 Å². The zero-order valence-corrected chi connectivity index (χ0v) is 24.5. The predicted octanol–water partition coefficient (Wildman–Crippen LogP) is 9.71. The fourth-order valence-electron chi connectivity index (χ4n) is 5.87. The summed E-state index contributed by atoms with van der Waals surface area (Å²) in [6.07, 6.45) is 0. The molecule has 0 atom stereocenters. The maximum atomic E-state index is 14.5. The van der Waals surface area contributed by atoms with E-state index in [0.29, 0.717) is 0 Å². The van der Waals surface area contributed by atoms with Crippen molar-refractivity contribution in [3.8, 4) is 16.9 Å². The average Bonchev–Trinajstić information content (AvgIpc) is 3.07. The van der Waals surface area contributed by atoms with Crippen LogP contribution in [0.4, 0.5) is 4.39 Å². The van der Waals surface area contributed by atoms with Gasteiger partial charge in [0.15, 0.2) is 0 Å². The van der Waals surface area contributed by atoms with E-state index < -0.39 is 18.3 Å². The molecule has 0 unspecified atom stereocenters. The van der Waals surface area contributed by atoms with Crippen LogP contribution in [-0.2, 0) is 18.3 Å². The van der Waals surface area contributed by atoms with Crippen molar-refractivity contribution in [2.45, 2.75) is 69.2 Å². The normalized spacial score (nSPS) is 19.3. The summed E-state index contributed by atoms with van der Waals surface area (Å²) in [6, 6.07) is 15.0. The van der Waals surface area contributed by atoms with Gasteiger partial charge < -0.3 is 0 Å². The Morgan fingerprint density at radius 3 is 1.57 bits per heavy atom. The van der Waals surface area contributed by atoms with E-state index in [2.05, 4.69) is 69.2 Å². The van der Waals surface area contributed by atoms with Gasteiger partial charge in [-0.3, -0.25) is 0 Å². The first kappa shape index (κ1) is 25.9. The molecule has 2 aromatic rings. The quantitative estimate of drug-likeness (QED) is 0.368. The summed E-state index contributed by atoms with van der Waals surface area (Å²) in [6.45, 7) is 23.0. The van der Waals surface area contributed by atoms with Crippen LogP contribution in [0.5, 0.6) is 5.75 Å². The first-order valence-corrected chi connectivity index (χ1v) is 14.7. The molecule has 4 rings (SSSR count). The van der Waals surface area contributed by atoms with E-state index in [-0.39, 0.29) is 16.6 Å². The van der Waals surface area contributed by atoms with Crippen LogP contribution in [0.2, 0.25) is 0 Å². The van der Waals surface area contributed by atoms with Crippen molar-refractivity contribution in [1.29, 1.82) is 0 Å². The Balaban J connectivity index is 1.95. The molecule has 2 aliphatic carbocycles. The average molecular weight is 506 g/mol. The molecule has 0 amide bonds. The summed E-state index contributed by atoms with van der Waals surface area (Å²) in [5.74, 6) is 0.539. The molecule has 183 valence electrons. The monoisotopic (exact) mass is 505 g/mol. The molecular formula is C32H38FOTi. The molecule has 0 aliphatic heterocycles. The van der Waals surface area contributed by atoms with Gasteiger partial charge >= 0.3 is 218 Å². The first-order chi connectivity index (χ1) is 16.3. The van der Waals surface area contributed by atoms with Crippen LogP contribution >= 0.6 is 0 Å². The van der Waals surface area contributed by atoms with E-state index in [1.54, 1.807) is 6.07 Å². The van der Waals surface area contributed by atoms with Crippen molar-refractivity contribution in [3.63, 3.8) is 0 Å². The van der Waals surface area contributed by atoms with Gasteiger partial charge in [-0.05, 0) is 0 Å². The van der Waals surface area contributed by atoms with Crippen LogP contribution < -0.4 is 3.32 Å². The van der Waals surface area contributed by atoms with Gasteiger partial charge in [0.2, 0.25) is 0 Å². The van der Waals surface area contributed by atoms with Gasteiger partial charge in [0.1, 0.15) is 0 Å². The second-order valence-electron chi connectivity index (χ2n) is 11.2. The molecule has 0 fully saturated rings. The van der Waals surface area contributed by atoms with Crippen LogP contribution in [0.3, 0.4) is 0 Å². The number of hydrogen-bond acceptors (Lipinski definition) is 1.